The lowest BCUT2D eigenvalue weighted by Gasteiger charge is -2.06. The number of aromatic carboxylic acids is 2. The topological polar surface area (TPSA) is 124 Å². The van der Waals surface area contributed by atoms with E-state index in [2.05, 4.69) is 0 Å². The summed E-state index contributed by atoms with van der Waals surface area (Å²) in [5.41, 5.74) is -0.359. The monoisotopic (exact) mass is 225 g/mol. The smallest absolute Gasteiger partial charge is 0.337 e. The molecule has 0 fully saturated rings. The van der Waals surface area contributed by atoms with Crippen LogP contribution in [0.1, 0.15) is 31.1 Å². The van der Waals surface area contributed by atoms with E-state index in [9.17, 15) is 14.4 Å². The largest absolute Gasteiger partial charge is 0.478 e. The molecule has 1 rings (SSSR count). The maximum absolute atomic E-state index is 11.1. The van der Waals surface area contributed by atoms with E-state index in [-0.39, 0.29) is 0 Å². The first-order valence-electron chi connectivity index (χ1n) is 4.03. The number of amides is 1. The molecule has 0 aliphatic heterocycles. The van der Waals surface area contributed by atoms with E-state index in [0.29, 0.717) is 0 Å². The normalized spacial score (nSPS) is 9.56. The number of nitrogens with one attached hydrogen (secondary N) is 1. The number of benzene rings is 1. The van der Waals surface area contributed by atoms with Gasteiger partial charge in [0.2, 0.25) is 0 Å². The van der Waals surface area contributed by atoms with Crippen molar-refractivity contribution in [3.05, 3.63) is 34.9 Å². The second-order valence-electron chi connectivity index (χ2n) is 2.78. The van der Waals surface area contributed by atoms with Crippen LogP contribution in [0, 0.1) is 0 Å². The molecule has 1 aromatic rings. The van der Waals surface area contributed by atoms with Crippen LogP contribution in [0.15, 0.2) is 18.2 Å². The molecule has 0 aliphatic carbocycles. The highest BCUT2D eigenvalue weighted by atomic mass is 16.5. The van der Waals surface area contributed by atoms with Gasteiger partial charge in [-0.2, -0.15) is 0 Å². The zero-order chi connectivity index (χ0) is 12.3. The number of carboxylic acids is 2. The van der Waals surface area contributed by atoms with E-state index >= 15 is 0 Å². The number of carbonyl (C=O) groups excluding carboxylic acids is 1. The van der Waals surface area contributed by atoms with Crippen molar-refractivity contribution in [1.29, 1.82) is 0 Å². The SMILES string of the molecule is O=C(O)c1cccc(C(=O)NO)c1C(=O)O. The summed E-state index contributed by atoms with van der Waals surface area (Å²) in [4.78, 5) is 32.7. The van der Waals surface area contributed by atoms with Gasteiger partial charge in [0, 0.05) is 0 Å². The highest BCUT2D eigenvalue weighted by Crippen LogP contribution is 2.15. The first-order chi connectivity index (χ1) is 7.49. The predicted molar refractivity (Wildman–Crippen MR) is 49.6 cm³/mol. The van der Waals surface area contributed by atoms with Crippen molar-refractivity contribution in [1.82, 2.24) is 5.48 Å². The average molecular weight is 225 g/mol. The van der Waals surface area contributed by atoms with Gasteiger partial charge in [-0.15, -0.1) is 0 Å². The van der Waals surface area contributed by atoms with Crippen LogP contribution >= 0.6 is 0 Å². The predicted octanol–water partition coefficient (Wildman–Crippen LogP) is 0.202. The van der Waals surface area contributed by atoms with Crippen molar-refractivity contribution in [3.63, 3.8) is 0 Å². The molecule has 7 heteroatoms. The maximum Gasteiger partial charge on any atom is 0.337 e. The summed E-state index contributed by atoms with van der Waals surface area (Å²) in [5.74, 6) is -4.11. The summed E-state index contributed by atoms with van der Waals surface area (Å²) in [6, 6.07) is 3.36. The van der Waals surface area contributed by atoms with Crippen molar-refractivity contribution in [2.24, 2.45) is 0 Å². The molecule has 1 amide bonds. The summed E-state index contributed by atoms with van der Waals surface area (Å²) in [6.45, 7) is 0. The first-order valence-corrected chi connectivity index (χ1v) is 4.03. The van der Waals surface area contributed by atoms with Crippen LogP contribution < -0.4 is 5.48 Å². The van der Waals surface area contributed by atoms with Gasteiger partial charge in [-0.05, 0) is 12.1 Å². The second-order valence-corrected chi connectivity index (χ2v) is 2.78. The highest BCUT2D eigenvalue weighted by Gasteiger charge is 2.23. The lowest BCUT2D eigenvalue weighted by atomic mass is 10.0. The van der Waals surface area contributed by atoms with E-state index in [1.54, 1.807) is 0 Å². The fraction of sp³-hybridized carbons (Fsp3) is 0. The molecular formula is C9H7NO6. The van der Waals surface area contributed by atoms with Crippen molar-refractivity contribution >= 4 is 17.8 Å². The van der Waals surface area contributed by atoms with Gasteiger partial charge in [0.15, 0.2) is 0 Å². The van der Waals surface area contributed by atoms with Crippen LogP contribution in [0.3, 0.4) is 0 Å². The Bertz CT molecular complexity index is 467. The number of hydrogen-bond donors (Lipinski definition) is 4. The Labute approximate surface area is 88.9 Å². The summed E-state index contributed by atoms with van der Waals surface area (Å²) in [5, 5.41) is 25.9. The summed E-state index contributed by atoms with van der Waals surface area (Å²) < 4.78 is 0. The van der Waals surface area contributed by atoms with Gasteiger partial charge >= 0.3 is 11.9 Å². The molecule has 84 valence electrons. The number of carbonyl (C=O) groups is 3. The molecule has 0 aromatic heterocycles. The van der Waals surface area contributed by atoms with Crippen LogP contribution in [-0.4, -0.2) is 33.3 Å². The van der Waals surface area contributed by atoms with Gasteiger partial charge in [0.25, 0.3) is 5.91 Å². The fourth-order valence-corrected chi connectivity index (χ4v) is 1.21. The molecule has 0 spiro atoms. The van der Waals surface area contributed by atoms with Crippen molar-refractivity contribution in [2.75, 3.05) is 0 Å². The Morgan fingerprint density at radius 3 is 2.00 bits per heavy atom. The Morgan fingerprint density at radius 2 is 1.56 bits per heavy atom. The Hall–Kier alpha value is -2.41. The molecule has 7 nitrogen and oxygen atoms in total. The third-order valence-corrected chi connectivity index (χ3v) is 1.85. The fourth-order valence-electron chi connectivity index (χ4n) is 1.21. The van der Waals surface area contributed by atoms with Gasteiger partial charge < -0.3 is 10.2 Å². The standard InChI is InChI=1S/C9H7NO6/c11-7(10-16)4-2-1-3-5(8(12)13)6(4)9(14)15/h1-3,16H,(H,10,11)(H,12,13)(H,14,15). The number of carboxylic acid groups (broad SMARTS) is 2. The van der Waals surface area contributed by atoms with E-state index in [1.165, 1.54) is 11.5 Å². The quantitative estimate of drug-likeness (QED) is 0.430. The van der Waals surface area contributed by atoms with Crippen molar-refractivity contribution in [2.45, 2.75) is 0 Å². The van der Waals surface area contributed by atoms with E-state index < -0.39 is 34.5 Å². The molecule has 0 bridgehead atoms. The maximum atomic E-state index is 11.1. The molecule has 0 aliphatic rings. The Kier molecular flexibility index (Phi) is 3.21. The first kappa shape index (κ1) is 11.7. The zero-order valence-corrected chi connectivity index (χ0v) is 7.80. The molecule has 0 unspecified atom stereocenters. The molecule has 0 atom stereocenters. The van der Waals surface area contributed by atoms with Gasteiger partial charge in [0.1, 0.15) is 0 Å². The molecule has 1 aromatic carbocycles. The summed E-state index contributed by atoms with van der Waals surface area (Å²) >= 11 is 0. The molecule has 4 N–H and O–H groups in total. The number of rotatable bonds is 3. The van der Waals surface area contributed by atoms with E-state index in [1.807, 2.05) is 0 Å². The Morgan fingerprint density at radius 1 is 1.00 bits per heavy atom. The molecule has 0 saturated heterocycles. The van der Waals surface area contributed by atoms with Gasteiger partial charge in [-0.1, -0.05) is 6.07 Å². The zero-order valence-electron chi connectivity index (χ0n) is 7.80. The molecular weight excluding hydrogens is 218 g/mol. The van der Waals surface area contributed by atoms with Gasteiger partial charge in [-0.3, -0.25) is 10.0 Å². The minimum atomic E-state index is -1.56. The summed E-state index contributed by atoms with van der Waals surface area (Å²) in [6.07, 6.45) is 0. The summed E-state index contributed by atoms with van der Waals surface area (Å²) in [7, 11) is 0. The van der Waals surface area contributed by atoms with Crippen LogP contribution in [-0.2, 0) is 0 Å². The van der Waals surface area contributed by atoms with Crippen LogP contribution in [0.25, 0.3) is 0 Å². The van der Waals surface area contributed by atoms with Crippen LogP contribution in [0.5, 0.6) is 0 Å². The third kappa shape index (κ3) is 1.98. The highest BCUT2D eigenvalue weighted by molar-refractivity contribution is 6.10. The lowest BCUT2D eigenvalue weighted by Crippen LogP contribution is -2.23. The number of hydroxylamine groups is 1. The molecule has 0 heterocycles. The number of hydrogen-bond acceptors (Lipinski definition) is 4. The minimum absolute atomic E-state index is 0.421. The lowest BCUT2D eigenvalue weighted by molar-refractivity contribution is 0.0637. The molecule has 0 radical (unpaired) electrons. The van der Waals surface area contributed by atoms with E-state index in [0.717, 1.165) is 12.1 Å². The van der Waals surface area contributed by atoms with Gasteiger partial charge in [-0.25, -0.2) is 15.1 Å². The third-order valence-electron chi connectivity index (χ3n) is 1.85. The minimum Gasteiger partial charge on any atom is -0.478 e. The van der Waals surface area contributed by atoms with Crippen LogP contribution in [0.2, 0.25) is 0 Å². The van der Waals surface area contributed by atoms with Crippen LogP contribution in [0.4, 0.5) is 0 Å². The van der Waals surface area contributed by atoms with Gasteiger partial charge in [0.05, 0.1) is 16.7 Å². The van der Waals surface area contributed by atoms with Crippen molar-refractivity contribution < 1.29 is 29.8 Å². The average Bonchev–Trinajstić information content (AvgIpc) is 2.26. The van der Waals surface area contributed by atoms with Crippen molar-refractivity contribution in [3.8, 4) is 0 Å². The second kappa shape index (κ2) is 4.41. The molecule has 0 saturated carbocycles. The Balaban J connectivity index is 3.51. The van der Waals surface area contributed by atoms with E-state index in [4.69, 9.17) is 15.4 Å². The molecule has 16 heavy (non-hydrogen) atoms.